The molecule has 0 fully saturated rings. The lowest BCUT2D eigenvalue weighted by Crippen LogP contribution is -2.11. The zero-order valence-corrected chi connectivity index (χ0v) is 13.8. The molecular weight excluding hydrogens is 332 g/mol. The normalized spacial score (nSPS) is 10.8. The maximum absolute atomic E-state index is 14.0. The number of rotatable bonds is 4. The summed E-state index contributed by atoms with van der Waals surface area (Å²) in [5.74, 6) is -0.874. The number of nitrogens with one attached hydrogen (secondary N) is 1. The number of hydrogen-bond donors (Lipinski definition) is 1. The molecule has 5 nitrogen and oxygen atoms in total. The van der Waals surface area contributed by atoms with Crippen LogP contribution in [0, 0.1) is 11.6 Å². The molecule has 0 radical (unpaired) electrons. The van der Waals surface area contributed by atoms with Crippen LogP contribution < -0.4 is 19.6 Å². The minimum absolute atomic E-state index is 0.0353. The maximum Gasteiger partial charge on any atom is 0.234 e. The summed E-state index contributed by atoms with van der Waals surface area (Å²) in [6.45, 7) is 0. The second-order valence-corrected chi connectivity index (χ2v) is 5.24. The summed E-state index contributed by atoms with van der Waals surface area (Å²) in [5.41, 5.74) is 0.191. The van der Waals surface area contributed by atoms with Crippen molar-refractivity contribution in [3.05, 3.63) is 52.2 Å². The van der Waals surface area contributed by atoms with Crippen molar-refractivity contribution < 1.29 is 23.0 Å². The molecule has 0 saturated carbocycles. The van der Waals surface area contributed by atoms with Crippen LogP contribution in [0.15, 0.2) is 35.1 Å². The van der Waals surface area contributed by atoms with Gasteiger partial charge in [-0.2, -0.15) is 0 Å². The first-order valence-corrected chi connectivity index (χ1v) is 7.31. The fourth-order valence-electron chi connectivity index (χ4n) is 2.71. The second kappa shape index (κ2) is 6.43. The lowest BCUT2D eigenvalue weighted by Gasteiger charge is -2.13. The predicted octanol–water partition coefficient (Wildman–Crippen LogP) is 3.50. The van der Waals surface area contributed by atoms with Gasteiger partial charge in [0.05, 0.1) is 37.9 Å². The third kappa shape index (κ3) is 2.77. The van der Waals surface area contributed by atoms with E-state index in [0.29, 0.717) is 23.1 Å². The average Bonchev–Trinajstić information content (AvgIpc) is 2.60. The molecule has 0 atom stereocenters. The molecule has 0 unspecified atom stereocenters. The lowest BCUT2D eigenvalue weighted by atomic mass is 10.1. The van der Waals surface area contributed by atoms with Crippen molar-refractivity contribution in [1.29, 1.82) is 0 Å². The van der Waals surface area contributed by atoms with Crippen LogP contribution in [0.1, 0.15) is 0 Å². The highest BCUT2D eigenvalue weighted by atomic mass is 19.1. The Balaban J connectivity index is 2.35. The highest BCUT2D eigenvalue weighted by Crippen LogP contribution is 2.35. The van der Waals surface area contributed by atoms with E-state index < -0.39 is 17.1 Å². The molecular formula is C18H15F2NO4. The number of aromatic amines is 1. The van der Waals surface area contributed by atoms with Gasteiger partial charge in [0, 0.05) is 11.6 Å². The molecule has 2 aromatic carbocycles. The molecule has 1 aromatic heterocycles. The minimum atomic E-state index is -0.951. The summed E-state index contributed by atoms with van der Waals surface area (Å²) in [6.07, 6.45) is 0. The van der Waals surface area contributed by atoms with Crippen LogP contribution in [-0.2, 0) is 0 Å². The number of methoxy groups -OCH3 is 3. The van der Waals surface area contributed by atoms with E-state index in [4.69, 9.17) is 14.2 Å². The molecule has 0 saturated heterocycles. The standard InChI is InChI=1S/C18H15F2NO4/c1-23-13-5-4-9(6-14(13)24-2)16-18(25-3)17(22)15-11(20)7-10(19)8-12(15)21-16/h4-8H,1-3H3,(H,21,22). The molecule has 0 bridgehead atoms. The van der Waals surface area contributed by atoms with Gasteiger partial charge in [0.15, 0.2) is 17.2 Å². The average molecular weight is 347 g/mol. The van der Waals surface area contributed by atoms with E-state index in [-0.39, 0.29) is 22.3 Å². The Morgan fingerprint density at radius 3 is 2.28 bits per heavy atom. The van der Waals surface area contributed by atoms with E-state index in [1.54, 1.807) is 18.2 Å². The Labute approximate surface area is 141 Å². The van der Waals surface area contributed by atoms with E-state index in [1.807, 2.05) is 0 Å². The summed E-state index contributed by atoms with van der Waals surface area (Å²) in [7, 11) is 4.29. The van der Waals surface area contributed by atoms with Gasteiger partial charge in [0.25, 0.3) is 0 Å². The zero-order valence-electron chi connectivity index (χ0n) is 13.8. The van der Waals surface area contributed by atoms with Crippen molar-refractivity contribution in [3.63, 3.8) is 0 Å². The van der Waals surface area contributed by atoms with Crippen LogP contribution >= 0.6 is 0 Å². The van der Waals surface area contributed by atoms with Gasteiger partial charge < -0.3 is 19.2 Å². The van der Waals surface area contributed by atoms with Crippen molar-refractivity contribution in [2.24, 2.45) is 0 Å². The topological polar surface area (TPSA) is 60.6 Å². The summed E-state index contributed by atoms with van der Waals surface area (Å²) in [4.78, 5) is 15.5. The third-order valence-corrected chi connectivity index (χ3v) is 3.85. The summed E-state index contributed by atoms with van der Waals surface area (Å²) >= 11 is 0. The summed E-state index contributed by atoms with van der Waals surface area (Å²) in [6, 6.07) is 6.68. The quantitative estimate of drug-likeness (QED) is 0.785. The Morgan fingerprint density at radius 2 is 1.64 bits per heavy atom. The first kappa shape index (κ1) is 16.8. The van der Waals surface area contributed by atoms with E-state index in [1.165, 1.54) is 21.3 Å². The zero-order chi connectivity index (χ0) is 18.1. The number of aromatic nitrogens is 1. The molecule has 7 heteroatoms. The SMILES string of the molecule is COc1ccc(-c2[nH]c3cc(F)cc(F)c3c(=O)c2OC)cc1OC. The Hall–Kier alpha value is -3.09. The Kier molecular flexibility index (Phi) is 4.31. The fourth-order valence-corrected chi connectivity index (χ4v) is 2.71. The molecule has 3 aromatic rings. The number of H-pyrrole nitrogens is 1. The molecule has 0 aliphatic rings. The highest BCUT2D eigenvalue weighted by molar-refractivity contribution is 5.85. The molecule has 25 heavy (non-hydrogen) atoms. The van der Waals surface area contributed by atoms with Gasteiger partial charge in [-0.05, 0) is 24.3 Å². The summed E-state index contributed by atoms with van der Waals surface area (Å²) in [5, 5.41) is -0.262. The molecule has 1 heterocycles. The molecule has 0 aliphatic carbocycles. The monoisotopic (exact) mass is 347 g/mol. The van der Waals surface area contributed by atoms with Crippen molar-refractivity contribution in [1.82, 2.24) is 4.98 Å². The molecule has 0 spiro atoms. The third-order valence-electron chi connectivity index (χ3n) is 3.85. The molecule has 130 valence electrons. The van der Waals surface area contributed by atoms with Crippen LogP contribution in [0.4, 0.5) is 8.78 Å². The van der Waals surface area contributed by atoms with Gasteiger partial charge >= 0.3 is 0 Å². The van der Waals surface area contributed by atoms with Crippen LogP contribution in [0.25, 0.3) is 22.2 Å². The summed E-state index contributed by atoms with van der Waals surface area (Å²) < 4.78 is 43.2. The lowest BCUT2D eigenvalue weighted by molar-refractivity contribution is 0.355. The second-order valence-electron chi connectivity index (χ2n) is 5.24. The van der Waals surface area contributed by atoms with Gasteiger partial charge in [-0.1, -0.05) is 0 Å². The van der Waals surface area contributed by atoms with Crippen molar-refractivity contribution in [2.75, 3.05) is 21.3 Å². The van der Waals surface area contributed by atoms with Crippen LogP contribution in [0.3, 0.4) is 0 Å². The van der Waals surface area contributed by atoms with Gasteiger partial charge in [-0.3, -0.25) is 4.79 Å². The molecule has 0 amide bonds. The van der Waals surface area contributed by atoms with Crippen molar-refractivity contribution in [3.8, 4) is 28.5 Å². The largest absolute Gasteiger partial charge is 0.493 e. The van der Waals surface area contributed by atoms with Crippen molar-refractivity contribution in [2.45, 2.75) is 0 Å². The fraction of sp³-hybridized carbons (Fsp3) is 0.167. The van der Waals surface area contributed by atoms with E-state index >= 15 is 0 Å². The van der Waals surface area contributed by atoms with Gasteiger partial charge in [-0.15, -0.1) is 0 Å². The van der Waals surface area contributed by atoms with Gasteiger partial charge in [0.1, 0.15) is 11.6 Å². The van der Waals surface area contributed by atoms with E-state index in [0.717, 1.165) is 6.07 Å². The maximum atomic E-state index is 14.0. The number of hydrogen-bond acceptors (Lipinski definition) is 4. The Morgan fingerprint density at radius 1 is 0.920 bits per heavy atom. The number of benzene rings is 2. The minimum Gasteiger partial charge on any atom is -0.493 e. The Bertz CT molecular complexity index is 1010. The first-order valence-electron chi connectivity index (χ1n) is 7.31. The van der Waals surface area contributed by atoms with E-state index in [2.05, 4.69) is 4.98 Å². The number of fused-ring (bicyclic) bond motifs is 1. The van der Waals surface area contributed by atoms with Crippen LogP contribution in [-0.4, -0.2) is 26.3 Å². The molecule has 3 rings (SSSR count). The van der Waals surface area contributed by atoms with Crippen LogP contribution in [0.5, 0.6) is 17.2 Å². The number of pyridine rings is 1. The van der Waals surface area contributed by atoms with Crippen molar-refractivity contribution >= 4 is 10.9 Å². The smallest absolute Gasteiger partial charge is 0.234 e. The molecule has 1 N–H and O–H groups in total. The van der Waals surface area contributed by atoms with Gasteiger partial charge in [0.2, 0.25) is 5.43 Å². The van der Waals surface area contributed by atoms with E-state index in [9.17, 15) is 13.6 Å². The highest BCUT2D eigenvalue weighted by Gasteiger charge is 2.19. The molecule has 0 aliphatic heterocycles. The van der Waals surface area contributed by atoms with Gasteiger partial charge in [-0.25, -0.2) is 8.78 Å². The number of halogens is 2. The predicted molar refractivity (Wildman–Crippen MR) is 89.6 cm³/mol. The number of ether oxygens (including phenoxy) is 3. The van der Waals surface area contributed by atoms with Crippen LogP contribution in [0.2, 0.25) is 0 Å². The first-order chi connectivity index (χ1) is 12.0.